The Bertz CT molecular complexity index is 831. The first-order valence-corrected chi connectivity index (χ1v) is 6.59. The van der Waals surface area contributed by atoms with E-state index in [4.69, 9.17) is 15.3 Å². The summed E-state index contributed by atoms with van der Waals surface area (Å²) in [5.41, 5.74) is -1.42. The van der Waals surface area contributed by atoms with Crippen molar-refractivity contribution >= 4 is 11.6 Å². The van der Waals surface area contributed by atoms with Crippen LogP contribution in [-0.4, -0.2) is 24.1 Å². The summed E-state index contributed by atoms with van der Waals surface area (Å²) >= 11 is 0. The van der Waals surface area contributed by atoms with Crippen molar-refractivity contribution in [3.8, 4) is 11.5 Å². The lowest BCUT2D eigenvalue weighted by atomic mass is 10.2. The molecule has 1 aromatic carbocycles. The summed E-state index contributed by atoms with van der Waals surface area (Å²) in [5, 5.41) is 0.360. The average Bonchev–Trinajstić information content (AvgIpc) is 2.58. The van der Waals surface area contributed by atoms with Crippen LogP contribution in [0.1, 0.15) is 10.4 Å². The molecule has 0 fully saturated rings. The van der Waals surface area contributed by atoms with Crippen molar-refractivity contribution in [2.45, 2.75) is 0 Å². The number of amides is 1. The summed E-state index contributed by atoms with van der Waals surface area (Å²) in [5.74, 6) is -3.14. The second-order valence-electron chi connectivity index (χ2n) is 4.70. The van der Waals surface area contributed by atoms with E-state index in [9.17, 15) is 22.4 Å². The maximum absolute atomic E-state index is 13.7. The van der Waals surface area contributed by atoms with Crippen LogP contribution in [0.4, 0.5) is 23.2 Å². The molecule has 1 amide bonds. The Kier molecular flexibility index (Phi) is 3.97. The highest BCUT2D eigenvalue weighted by molar-refractivity contribution is 6.05. The Labute approximate surface area is 132 Å². The lowest BCUT2D eigenvalue weighted by molar-refractivity contribution is 0.0975. The molecule has 0 aliphatic carbocycles. The number of hydrogen-bond acceptors (Lipinski definition) is 5. The number of anilines is 1. The minimum Gasteiger partial charge on any atom is -0.486 e. The summed E-state index contributed by atoms with van der Waals surface area (Å²) in [6.07, 6.45) is 0. The second-order valence-corrected chi connectivity index (χ2v) is 4.70. The van der Waals surface area contributed by atoms with E-state index in [0.29, 0.717) is 17.4 Å². The standard InChI is InChI=1S/C14H9F4N3O3/c15-10-9(12(17)20-13(18)11(10)16)14(22)21(19)6-1-2-7-8(5-6)24-4-3-23-7/h1-2,5H,3-4,19H2. The van der Waals surface area contributed by atoms with E-state index >= 15 is 0 Å². The molecule has 10 heteroatoms. The molecule has 1 aliphatic heterocycles. The lowest BCUT2D eigenvalue weighted by Gasteiger charge is -2.22. The molecule has 0 radical (unpaired) electrons. The maximum atomic E-state index is 13.7. The summed E-state index contributed by atoms with van der Waals surface area (Å²) in [7, 11) is 0. The van der Waals surface area contributed by atoms with Crippen LogP contribution < -0.4 is 20.3 Å². The van der Waals surface area contributed by atoms with Crippen LogP contribution in [-0.2, 0) is 0 Å². The van der Waals surface area contributed by atoms with Gasteiger partial charge in [0.15, 0.2) is 17.3 Å². The molecule has 0 saturated heterocycles. The van der Waals surface area contributed by atoms with Crippen LogP contribution in [0, 0.1) is 23.5 Å². The summed E-state index contributed by atoms with van der Waals surface area (Å²) in [6, 6.07) is 4.07. The van der Waals surface area contributed by atoms with Gasteiger partial charge in [0.05, 0.1) is 5.69 Å². The molecular weight excluding hydrogens is 334 g/mol. The summed E-state index contributed by atoms with van der Waals surface area (Å²) in [4.78, 5) is 14.6. The number of nitrogens with two attached hydrogens (primary N) is 1. The molecule has 2 N–H and O–H groups in total. The van der Waals surface area contributed by atoms with Crippen molar-refractivity contribution in [3.63, 3.8) is 0 Å². The first kappa shape index (κ1) is 16.0. The molecule has 3 rings (SSSR count). The number of carbonyl (C=O) groups excluding carboxylic acids is 1. The molecule has 0 unspecified atom stereocenters. The molecule has 2 heterocycles. The predicted octanol–water partition coefficient (Wildman–Crippen LogP) is 1.93. The smallest absolute Gasteiger partial charge is 0.280 e. The zero-order valence-electron chi connectivity index (χ0n) is 11.9. The Balaban J connectivity index is 1.97. The molecule has 0 bridgehead atoms. The number of hydrogen-bond donors (Lipinski definition) is 1. The van der Waals surface area contributed by atoms with Gasteiger partial charge >= 0.3 is 0 Å². The number of aromatic nitrogens is 1. The van der Waals surface area contributed by atoms with Gasteiger partial charge in [-0.15, -0.1) is 0 Å². The molecule has 24 heavy (non-hydrogen) atoms. The number of fused-ring (bicyclic) bond motifs is 1. The predicted molar refractivity (Wildman–Crippen MR) is 72.5 cm³/mol. The Morgan fingerprint density at radius 3 is 2.42 bits per heavy atom. The van der Waals surface area contributed by atoms with Gasteiger partial charge in [-0.2, -0.15) is 18.2 Å². The zero-order valence-corrected chi connectivity index (χ0v) is 11.9. The molecular formula is C14H9F4N3O3. The fraction of sp³-hybridized carbons (Fsp3) is 0.143. The minimum absolute atomic E-state index is 0.00668. The third-order valence-corrected chi connectivity index (χ3v) is 3.23. The normalized spacial score (nSPS) is 12.9. The van der Waals surface area contributed by atoms with Crippen LogP contribution in [0.2, 0.25) is 0 Å². The third-order valence-electron chi connectivity index (χ3n) is 3.23. The monoisotopic (exact) mass is 343 g/mol. The fourth-order valence-electron chi connectivity index (χ4n) is 2.08. The minimum atomic E-state index is -2.07. The topological polar surface area (TPSA) is 77.7 Å². The van der Waals surface area contributed by atoms with Gasteiger partial charge in [-0.3, -0.25) is 4.79 Å². The largest absolute Gasteiger partial charge is 0.486 e. The van der Waals surface area contributed by atoms with Crippen LogP contribution in [0.5, 0.6) is 11.5 Å². The van der Waals surface area contributed by atoms with E-state index < -0.39 is 35.0 Å². The van der Waals surface area contributed by atoms with E-state index in [2.05, 4.69) is 4.98 Å². The number of halogens is 4. The van der Waals surface area contributed by atoms with Gasteiger partial charge in [-0.25, -0.2) is 15.2 Å². The highest BCUT2D eigenvalue weighted by Crippen LogP contribution is 2.34. The van der Waals surface area contributed by atoms with E-state index in [1.807, 2.05) is 0 Å². The van der Waals surface area contributed by atoms with E-state index in [1.54, 1.807) is 0 Å². The van der Waals surface area contributed by atoms with Crippen molar-refractivity contribution in [2.75, 3.05) is 18.2 Å². The van der Waals surface area contributed by atoms with Crippen molar-refractivity contribution in [1.82, 2.24) is 4.98 Å². The van der Waals surface area contributed by atoms with Gasteiger partial charge < -0.3 is 9.47 Å². The zero-order chi connectivity index (χ0) is 17.4. The molecule has 1 aromatic heterocycles. The number of pyridine rings is 1. The highest BCUT2D eigenvalue weighted by Gasteiger charge is 2.29. The van der Waals surface area contributed by atoms with E-state index in [0.717, 1.165) is 0 Å². The van der Waals surface area contributed by atoms with Gasteiger partial charge in [-0.1, -0.05) is 0 Å². The van der Waals surface area contributed by atoms with Crippen LogP contribution in [0.3, 0.4) is 0 Å². The fourth-order valence-corrected chi connectivity index (χ4v) is 2.08. The Hall–Kier alpha value is -2.88. The van der Waals surface area contributed by atoms with Crippen molar-refractivity contribution < 1.29 is 31.8 Å². The first-order chi connectivity index (χ1) is 11.4. The molecule has 2 aromatic rings. The van der Waals surface area contributed by atoms with Crippen LogP contribution >= 0.6 is 0 Å². The maximum Gasteiger partial charge on any atom is 0.280 e. The molecule has 0 atom stereocenters. The number of ether oxygens (including phenoxy) is 2. The number of carbonyl (C=O) groups is 1. The molecule has 6 nitrogen and oxygen atoms in total. The molecule has 1 aliphatic rings. The van der Waals surface area contributed by atoms with Crippen molar-refractivity contribution in [3.05, 3.63) is 47.3 Å². The summed E-state index contributed by atoms with van der Waals surface area (Å²) < 4.78 is 63.9. The third kappa shape index (κ3) is 2.60. The highest BCUT2D eigenvalue weighted by atomic mass is 19.2. The van der Waals surface area contributed by atoms with Gasteiger partial charge in [-0.05, 0) is 12.1 Å². The number of hydrazine groups is 1. The lowest BCUT2D eigenvalue weighted by Crippen LogP contribution is -2.39. The first-order valence-electron chi connectivity index (χ1n) is 6.59. The van der Waals surface area contributed by atoms with Gasteiger partial charge in [0.25, 0.3) is 11.9 Å². The van der Waals surface area contributed by atoms with E-state index in [-0.39, 0.29) is 18.0 Å². The summed E-state index contributed by atoms with van der Waals surface area (Å²) in [6.45, 7) is 0.611. The number of rotatable bonds is 2. The average molecular weight is 343 g/mol. The molecule has 0 spiro atoms. The van der Waals surface area contributed by atoms with Crippen LogP contribution in [0.15, 0.2) is 18.2 Å². The quantitative estimate of drug-likeness (QED) is 0.296. The SMILES string of the molecule is NN(C(=O)c1c(F)nc(F)c(F)c1F)c1ccc2c(c1)OCCO2. The van der Waals surface area contributed by atoms with Gasteiger partial charge in [0.2, 0.25) is 11.8 Å². The number of benzene rings is 1. The number of nitrogens with zero attached hydrogens (tertiary/aromatic N) is 2. The Morgan fingerprint density at radius 2 is 1.71 bits per heavy atom. The molecule has 0 saturated carbocycles. The van der Waals surface area contributed by atoms with Gasteiger partial charge in [0, 0.05) is 6.07 Å². The van der Waals surface area contributed by atoms with Gasteiger partial charge in [0.1, 0.15) is 18.8 Å². The van der Waals surface area contributed by atoms with E-state index in [1.165, 1.54) is 18.2 Å². The molecule has 126 valence electrons. The second kappa shape index (κ2) is 5.96. The van der Waals surface area contributed by atoms with Crippen molar-refractivity contribution in [2.24, 2.45) is 5.84 Å². The van der Waals surface area contributed by atoms with Crippen LogP contribution in [0.25, 0.3) is 0 Å². The Morgan fingerprint density at radius 1 is 1.04 bits per heavy atom. The van der Waals surface area contributed by atoms with Crippen molar-refractivity contribution in [1.29, 1.82) is 0 Å².